The first-order chi connectivity index (χ1) is 13.2. The fourth-order valence-electron chi connectivity index (χ4n) is 3.39. The lowest BCUT2D eigenvalue weighted by Gasteiger charge is -2.15. The number of fused-ring (bicyclic) bond motifs is 1. The summed E-state index contributed by atoms with van der Waals surface area (Å²) in [7, 11) is 0. The largest absolute Gasteiger partial charge is 0.368 e. The summed E-state index contributed by atoms with van der Waals surface area (Å²) >= 11 is 0. The van der Waals surface area contributed by atoms with Crippen molar-refractivity contribution in [2.24, 2.45) is 5.73 Å². The van der Waals surface area contributed by atoms with E-state index in [-0.39, 0.29) is 11.9 Å². The van der Waals surface area contributed by atoms with E-state index in [0.29, 0.717) is 24.6 Å². The molecule has 1 saturated heterocycles. The van der Waals surface area contributed by atoms with Crippen molar-refractivity contribution < 1.29 is 4.79 Å². The van der Waals surface area contributed by atoms with Gasteiger partial charge in [0.15, 0.2) is 0 Å². The second-order valence-corrected chi connectivity index (χ2v) is 6.95. The highest BCUT2D eigenvalue weighted by Crippen LogP contribution is 2.16. The van der Waals surface area contributed by atoms with Crippen molar-refractivity contribution in [2.45, 2.75) is 18.9 Å². The third kappa shape index (κ3) is 4.06. The minimum Gasteiger partial charge on any atom is -0.368 e. The van der Waals surface area contributed by atoms with Crippen LogP contribution in [0.15, 0.2) is 54.9 Å². The van der Waals surface area contributed by atoms with Crippen LogP contribution in [-0.4, -0.2) is 46.5 Å². The Bertz CT molecular complexity index is 941. The molecule has 0 spiro atoms. The van der Waals surface area contributed by atoms with Crippen molar-refractivity contribution >= 4 is 22.5 Å². The SMILES string of the molecule is NC1CCN(C(=O)c2cnc(NCCc3ccc4ccccc4c3)cn2)C1. The average molecular weight is 361 g/mol. The molecule has 2 aromatic carbocycles. The van der Waals surface area contributed by atoms with E-state index in [1.165, 1.54) is 22.5 Å². The maximum absolute atomic E-state index is 12.4. The highest BCUT2D eigenvalue weighted by atomic mass is 16.2. The molecule has 1 atom stereocenters. The van der Waals surface area contributed by atoms with Gasteiger partial charge in [-0.1, -0.05) is 42.5 Å². The molecule has 0 saturated carbocycles. The third-order valence-corrected chi connectivity index (χ3v) is 4.92. The lowest BCUT2D eigenvalue weighted by Crippen LogP contribution is -2.32. The van der Waals surface area contributed by atoms with Crippen LogP contribution in [0.25, 0.3) is 10.8 Å². The van der Waals surface area contributed by atoms with Gasteiger partial charge in [-0.3, -0.25) is 4.79 Å². The van der Waals surface area contributed by atoms with Gasteiger partial charge in [0.25, 0.3) is 5.91 Å². The first kappa shape index (κ1) is 17.4. The van der Waals surface area contributed by atoms with E-state index in [9.17, 15) is 4.79 Å². The van der Waals surface area contributed by atoms with Crippen LogP contribution in [0.1, 0.15) is 22.5 Å². The Morgan fingerprint density at radius 3 is 2.74 bits per heavy atom. The number of carbonyl (C=O) groups is 1. The second kappa shape index (κ2) is 7.72. The number of aromatic nitrogens is 2. The molecule has 6 nitrogen and oxygen atoms in total. The molecule has 0 radical (unpaired) electrons. The van der Waals surface area contributed by atoms with E-state index in [1.807, 2.05) is 0 Å². The molecule has 1 amide bonds. The van der Waals surface area contributed by atoms with Crippen LogP contribution in [0.3, 0.4) is 0 Å². The van der Waals surface area contributed by atoms with Crippen molar-refractivity contribution in [3.63, 3.8) is 0 Å². The van der Waals surface area contributed by atoms with Gasteiger partial charge >= 0.3 is 0 Å². The summed E-state index contributed by atoms with van der Waals surface area (Å²) in [5.41, 5.74) is 7.49. The molecule has 0 aliphatic carbocycles. The molecule has 138 valence electrons. The van der Waals surface area contributed by atoms with Crippen LogP contribution in [0, 0.1) is 0 Å². The van der Waals surface area contributed by atoms with E-state index < -0.39 is 0 Å². The average Bonchev–Trinajstić information content (AvgIpc) is 3.14. The number of nitrogens with two attached hydrogens (primary N) is 1. The first-order valence-corrected chi connectivity index (χ1v) is 9.27. The monoisotopic (exact) mass is 361 g/mol. The number of nitrogens with zero attached hydrogens (tertiary/aromatic N) is 3. The van der Waals surface area contributed by atoms with Crippen molar-refractivity contribution in [1.29, 1.82) is 0 Å². The summed E-state index contributed by atoms with van der Waals surface area (Å²) in [6.45, 7) is 2.03. The Hall–Kier alpha value is -2.99. The number of rotatable bonds is 5. The minimum absolute atomic E-state index is 0.0676. The third-order valence-electron chi connectivity index (χ3n) is 4.92. The Labute approximate surface area is 158 Å². The van der Waals surface area contributed by atoms with Crippen molar-refractivity contribution in [3.8, 4) is 0 Å². The molecule has 1 unspecified atom stereocenters. The van der Waals surface area contributed by atoms with Gasteiger partial charge in [-0.05, 0) is 29.2 Å². The van der Waals surface area contributed by atoms with Gasteiger partial charge < -0.3 is 16.0 Å². The molecule has 4 rings (SSSR count). The normalized spacial score (nSPS) is 16.6. The van der Waals surface area contributed by atoms with Crippen LogP contribution >= 0.6 is 0 Å². The van der Waals surface area contributed by atoms with Gasteiger partial charge in [-0.2, -0.15) is 0 Å². The van der Waals surface area contributed by atoms with E-state index in [4.69, 9.17) is 5.73 Å². The number of anilines is 1. The molecule has 2 heterocycles. The van der Waals surface area contributed by atoms with Gasteiger partial charge in [0.2, 0.25) is 0 Å². The number of likely N-dealkylation sites (tertiary alicyclic amines) is 1. The number of nitrogens with one attached hydrogen (secondary N) is 1. The molecular formula is C21H23N5O. The number of benzene rings is 2. The lowest BCUT2D eigenvalue weighted by molar-refractivity contribution is 0.0784. The fraction of sp³-hybridized carbons (Fsp3) is 0.286. The maximum Gasteiger partial charge on any atom is 0.274 e. The topological polar surface area (TPSA) is 84.1 Å². The molecule has 3 aromatic rings. The number of hydrogen-bond acceptors (Lipinski definition) is 5. The number of carbonyl (C=O) groups excluding carboxylic acids is 1. The summed E-state index contributed by atoms with van der Waals surface area (Å²) in [6, 6.07) is 14.9. The molecule has 6 heteroatoms. The van der Waals surface area contributed by atoms with Crippen molar-refractivity contribution in [3.05, 3.63) is 66.1 Å². The minimum atomic E-state index is -0.0989. The Morgan fingerprint density at radius 1 is 1.15 bits per heavy atom. The molecule has 1 aliphatic rings. The first-order valence-electron chi connectivity index (χ1n) is 9.27. The van der Waals surface area contributed by atoms with Crippen LogP contribution in [0.4, 0.5) is 5.82 Å². The molecule has 1 aliphatic heterocycles. The van der Waals surface area contributed by atoms with Crippen LogP contribution < -0.4 is 11.1 Å². The zero-order chi connectivity index (χ0) is 18.6. The number of hydrogen-bond donors (Lipinski definition) is 2. The smallest absolute Gasteiger partial charge is 0.274 e. The molecule has 27 heavy (non-hydrogen) atoms. The summed E-state index contributed by atoms with van der Waals surface area (Å²) in [5.74, 6) is 0.573. The Morgan fingerprint density at radius 2 is 2.00 bits per heavy atom. The van der Waals surface area contributed by atoms with E-state index >= 15 is 0 Å². The van der Waals surface area contributed by atoms with E-state index in [0.717, 1.165) is 19.4 Å². The van der Waals surface area contributed by atoms with E-state index in [1.54, 1.807) is 11.1 Å². The lowest BCUT2D eigenvalue weighted by atomic mass is 10.1. The van der Waals surface area contributed by atoms with Crippen LogP contribution in [0.2, 0.25) is 0 Å². The quantitative estimate of drug-likeness (QED) is 0.729. The molecule has 1 fully saturated rings. The molecular weight excluding hydrogens is 338 g/mol. The van der Waals surface area contributed by atoms with Crippen molar-refractivity contribution in [1.82, 2.24) is 14.9 Å². The Balaban J connectivity index is 1.32. The van der Waals surface area contributed by atoms with Gasteiger partial charge in [0, 0.05) is 25.7 Å². The fourth-order valence-corrected chi connectivity index (χ4v) is 3.39. The van der Waals surface area contributed by atoms with Gasteiger partial charge in [0.1, 0.15) is 11.5 Å². The zero-order valence-electron chi connectivity index (χ0n) is 15.1. The molecule has 3 N–H and O–H groups in total. The molecule has 0 bridgehead atoms. The summed E-state index contributed by atoms with van der Waals surface area (Å²) in [5, 5.41) is 5.76. The zero-order valence-corrected chi connectivity index (χ0v) is 15.1. The standard InChI is InChI=1S/C21H23N5O/c22-18-8-10-26(14-18)21(27)19-12-25-20(13-24-19)23-9-7-15-5-6-16-3-1-2-4-17(16)11-15/h1-6,11-13,18H,7-10,14,22H2,(H,23,25). The van der Waals surface area contributed by atoms with Crippen LogP contribution in [0.5, 0.6) is 0 Å². The second-order valence-electron chi connectivity index (χ2n) is 6.95. The number of amides is 1. The predicted molar refractivity (Wildman–Crippen MR) is 107 cm³/mol. The van der Waals surface area contributed by atoms with Crippen molar-refractivity contribution in [2.75, 3.05) is 25.0 Å². The maximum atomic E-state index is 12.4. The predicted octanol–water partition coefficient (Wildman–Crippen LogP) is 2.46. The van der Waals surface area contributed by atoms with E-state index in [2.05, 4.69) is 57.7 Å². The summed E-state index contributed by atoms with van der Waals surface area (Å²) in [6.07, 6.45) is 4.88. The molecule has 1 aromatic heterocycles. The Kier molecular flexibility index (Phi) is 4.98. The van der Waals surface area contributed by atoms with Crippen LogP contribution in [-0.2, 0) is 6.42 Å². The summed E-state index contributed by atoms with van der Waals surface area (Å²) < 4.78 is 0. The van der Waals surface area contributed by atoms with Gasteiger partial charge in [-0.15, -0.1) is 0 Å². The van der Waals surface area contributed by atoms with Gasteiger partial charge in [-0.25, -0.2) is 9.97 Å². The van der Waals surface area contributed by atoms with Gasteiger partial charge in [0.05, 0.1) is 12.4 Å². The summed E-state index contributed by atoms with van der Waals surface area (Å²) in [4.78, 5) is 22.7. The highest BCUT2D eigenvalue weighted by molar-refractivity contribution is 5.92. The highest BCUT2D eigenvalue weighted by Gasteiger charge is 2.25.